The highest BCUT2D eigenvalue weighted by molar-refractivity contribution is 6.09. The predicted octanol–water partition coefficient (Wildman–Crippen LogP) is -0.207. The summed E-state index contributed by atoms with van der Waals surface area (Å²) in [4.78, 5) is 49.1. The molecule has 1 aliphatic heterocycles. The van der Waals surface area contributed by atoms with Crippen LogP contribution in [0.3, 0.4) is 0 Å². The van der Waals surface area contributed by atoms with E-state index in [0.717, 1.165) is 24.2 Å². The Labute approximate surface area is 146 Å². The number of ether oxygens (including phenoxy) is 2. The lowest BCUT2D eigenvalue weighted by atomic mass is 9.73. The van der Waals surface area contributed by atoms with Gasteiger partial charge in [0.05, 0.1) is 6.61 Å². The van der Waals surface area contributed by atoms with Crippen molar-refractivity contribution < 1.29 is 28.7 Å². The number of carbonyl (C=O) groups excluding carboxylic acids is 4. The summed E-state index contributed by atoms with van der Waals surface area (Å²) in [6.45, 7) is 1.63. The molecule has 0 radical (unpaired) electrons. The number of rotatable bonds is 7. The Bertz CT molecular complexity index is 552. The summed E-state index contributed by atoms with van der Waals surface area (Å²) in [5.41, 5.74) is -0.910. The van der Waals surface area contributed by atoms with Crippen LogP contribution in [0.1, 0.15) is 32.6 Å². The summed E-state index contributed by atoms with van der Waals surface area (Å²) >= 11 is 0. The van der Waals surface area contributed by atoms with Crippen molar-refractivity contribution >= 4 is 23.8 Å². The Balaban J connectivity index is 1.85. The third-order valence-corrected chi connectivity index (χ3v) is 4.78. The molecule has 2 atom stereocenters. The molecule has 9 nitrogen and oxygen atoms in total. The summed E-state index contributed by atoms with van der Waals surface area (Å²) < 4.78 is 9.61. The molecule has 2 aliphatic rings. The lowest BCUT2D eigenvalue weighted by Crippen LogP contribution is -2.54. The van der Waals surface area contributed by atoms with Crippen molar-refractivity contribution in [2.75, 3.05) is 33.4 Å². The molecule has 140 valence electrons. The third kappa shape index (κ3) is 4.28. The van der Waals surface area contributed by atoms with E-state index in [2.05, 4.69) is 10.6 Å². The van der Waals surface area contributed by atoms with E-state index in [4.69, 9.17) is 9.47 Å². The second-order valence-corrected chi connectivity index (χ2v) is 6.44. The van der Waals surface area contributed by atoms with Crippen molar-refractivity contribution in [2.45, 2.75) is 38.1 Å². The molecule has 1 saturated heterocycles. The van der Waals surface area contributed by atoms with Gasteiger partial charge in [-0.05, 0) is 18.8 Å². The average Bonchev–Trinajstić information content (AvgIpc) is 2.81. The molecule has 1 heterocycles. The van der Waals surface area contributed by atoms with Crippen LogP contribution in [-0.2, 0) is 23.9 Å². The highest BCUT2D eigenvalue weighted by Gasteiger charge is 2.55. The molecule has 1 aliphatic carbocycles. The van der Waals surface area contributed by atoms with E-state index in [9.17, 15) is 19.2 Å². The van der Waals surface area contributed by atoms with Crippen molar-refractivity contribution in [3.63, 3.8) is 0 Å². The molecule has 1 spiro atoms. The molecule has 9 heteroatoms. The van der Waals surface area contributed by atoms with Crippen LogP contribution in [0, 0.1) is 5.92 Å². The molecule has 2 fully saturated rings. The molecule has 0 aromatic carbocycles. The standard InChI is InChI=1S/C16H25N3O6/c1-11-5-3-4-6-16(11)14(22)19(15(23)18-16)9-13(21)25-10-12(20)17-7-8-24-2/h11H,3-10H2,1-2H3,(H,17,20)(H,18,23)/t11-,16+/m0/s1. The quantitative estimate of drug-likeness (QED) is 0.371. The van der Waals surface area contributed by atoms with Gasteiger partial charge in [0.2, 0.25) is 0 Å². The number of hydrogen-bond acceptors (Lipinski definition) is 6. The number of nitrogens with zero attached hydrogens (tertiary/aromatic N) is 1. The summed E-state index contributed by atoms with van der Waals surface area (Å²) in [7, 11) is 1.50. The molecular formula is C16H25N3O6. The van der Waals surface area contributed by atoms with E-state index in [-0.39, 0.29) is 11.8 Å². The average molecular weight is 355 g/mol. The fourth-order valence-electron chi connectivity index (χ4n) is 3.30. The number of imide groups is 1. The Morgan fingerprint density at radius 1 is 1.36 bits per heavy atom. The van der Waals surface area contributed by atoms with E-state index in [1.54, 1.807) is 0 Å². The van der Waals surface area contributed by atoms with E-state index in [0.29, 0.717) is 19.6 Å². The second-order valence-electron chi connectivity index (χ2n) is 6.44. The number of urea groups is 1. The van der Waals surface area contributed by atoms with Crippen molar-refractivity contribution in [2.24, 2.45) is 5.92 Å². The highest BCUT2D eigenvalue weighted by atomic mass is 16.5. The first-order valence-corrected chi connectivity index (χ1v) is 8.46. The van der Waals surface area contributed by atoms with Crippen LogP contribution in [0.25, 0.3) is 0 Å². The summed E-state index contributed by atoms with van der Waals surface area (Å²) in [6.07, 6.45) is 3.31. The van der Waals surface area contributed by atoms with Gasteiger partial charge in [-0.2, -0.15) is 0 Å². The number of esters is 1. The van der Waals surface area contributed by atoms with Crippen LogP contribution >= 0.6 is 0 Å². The number of carbonyl (C=O) groups is 4. The van der Waals surface area contributed by atoms with E-state index in [1.165, 1.54) is 7.11 Å². The predicted molar refractivity (Wildman–Crippen MR) is 86.5 cm³/mol. The van der Waals surface area contributed by atoms with Crippen molar-refractivity contribution in [3.05, 3.63) is 0 Å². The highest BCUT2D eigenvalue weighted by Crippen LogP contribution is 2.38. The van der Waals surface area contributed by atoms with Crippen molar-refractivity contribution in [3.8, 4) is 0 Å². The molecule has 25 heavy (non-hydrogen) atoms. The minimum atomic E-state index is -0.910. The molecular weight excluding hydrogens is 330 g/mol. The summed E-state index contributed by atoms with van der Waals surface area (Å²) in [5, 5.41) is 5.26. The number of nitrogens with one attached hydrogen (secondary N) is 2. The van der Waals surface area contributed by atoms with Crippen LogP contribution in [0.2, 0.25) is 0 Å². The third-order valence-electron chi connectivity index (χ3n) is 4.78. The second kappa shape index (κ2) is 8.28. The summed E-state index contributed by atoms with van der Waals surface area (Å²) in [6, 6.07) is -0.583. The Kier molecular flexibility index (Phi) is 6.35. The van der Waals surface area contributed by atoms with Crippen molar-refractivity contribution in [1.29, 1.82) is 0 Å². The topological polar surface area (TPSA) is 114 Å². The monoisotopic (exact) mass is 355 g/mol. The Hall–Kier alpha value is -2.16. The van der Waals surface area contributed by atoms with Crippen LogP contribution in [0.15, 0.2) is 0 Å². The first-order chi connectivity index (χ1) is 11.9. The minimum Gasteiger partial charge on any atom is -0.454 e. The maximum Gasteiger partial charge on any atom is 0.326 e. The van der Waals surface area contributed by atoms with Gasteiger partial charge in [0.1, 0.15) is 12.1 Å². The van der Waals surface area contributed by atoms with Gasteiger partial charge >= 0.3 is 12.0 Å². The lowest BCUT2D eigenvalue weighted by Gasteiger charge is -2.36. The van der Waals surface area contributed by atoms with Crippen molar-refractivity contribution in [1.82, 2.24) is 15.5 Å². The fraction of sp³-hybridized carbons (Fsp3) is 0.750. The molecule has 2 N–H and O–H groups in total. The molecule has 0 aromatic heterocycles. The normalized spacial score (nSPS) is 25.8. The molecule has 0 unspecified atom stereocenters. The fourth-order valence-corrected chi connectivity index (χ4v) is 3.30. The van der Waals surface area contributed by atoms with Gasteiger partial charge in [0.15, 0.2) is 6.61 Å². The maximum absolute atomic E-state index is 12.7. The zero-order valence-electron chi connectivity index (χ0n) is 14.6. The van der Waals surface area contributed by atoms with Crippen LogP contribution in [0.5, 0.6) is 0 Å². The van der Waals surface area contributed by atoms with Gasteiger partial charge in [-0.1, -0.05) is 19.8 Å². The number of methoxy groups -OCH3 is 1. The van der Waals surface area contributed by atoms with Crippen LogP contribution in [0.4, 0.5) is 4.79 Å². The SMILES string of the molecule is COCCNC(=O)COC(=O)CN1C(=O)N[C@@]2(CCCC[C@@H]2C)C1=O. The first kappa shape index (κ1) is 19.2. The molecule has 2 rings (SSSR count). The molecule has 0 aromatic rings. The molecule has 1 saturated carbocycles. The maximum atomic E-state index is 12.7. The smallest absolute Gasteiger partial charge is 0.326 e. The summed E-state index contributed by atoms with van der Waals surface area (Å²) in [5.74, 6) is -1.64. The van der Waals surface area contributed by atoms with Gasteiger partial charge in [0, 0.05) is 13.7 Å². The zero-order chi connectivity index (χ0) is 18.4. The van der Waals surface area contributed by atoms with Gasteiger partial charge in [-0.25, -0.2) is 4.79 Å². The number of amides is 4. The molecule has 4 amide bonds. The van der Waals surface area contributed by atoms with Gasteiger partial charge in [0.25, 0.3) is 11.8 Å². The van der Waals surface area contributed by atoms with Crippen LogP contribution in [-0.4, -0.2) is 67.7 Å². The lowest BCUT2D eigenvalue weighted by molar-refractivity contribution is -0.151. The minimum absolute atomic E-state index is 0.0188. The van der Waals surface area contributed by atoms with E-state index in [1.807, 2.05) is 6.92 Å². The van der Waals surface area contributed by atoms with Gasteiger partial charge < -0.3 is 20.1 Å². The number of hydrogen-bond donors (Lipinski definition) is 2. The van der Waals surface area contributed by atoms with E-state index < -0.39 is 36.6 Å². The van der Waals surface area contributed by atoms with Crippen LogP contribution < -0.4 is 10.6 Å². The molecule has 0 bridgehead atoms. The Morgan fingerprint density at radius 3 is 2.80 bits per heavy atom. The zero-order valence-corrected chi connectivity index (χ0v) is 14.6. The largest absolute Gasteiger partial charge is 0.454 e. The first-order valence-electron chi connectivity index (χ1n) is 8.46. The van der Waals surface area contributed by atoms with E-state index >= 15 is 0 Å². The van der Waals surface area contributed by atoms with Gasteiger partial charge in [-0.3, -0.25) is 19.3 Å². The van der Waals surface area contributed by atoms with Gasteiger partial charge in [-0.15, -0.1) is 0 Å². The Morgan fingerprint density at radius 2 is 2.12 bits per heavy atom.